The van der Waals surface area contributed by atoms with Crippen LogP contribution in [0.1, 0.15) is 28.3 Å². The second-order valence-electron chi connectivity index (χ2n) is 8.34. The third kappa shape index (κ3) is 5.39. The monoisotopic (exact) mass is 491 g/mol. The second kappa shape index (κ2) is 10.8. The molecule has 1 N–H and O–H groups in total. The number of methoxy groups -OCH3 is 1. The number of hydrogen-bond donors (Lipinski definition) is 1. The topological polar surface area (TPSA) is 76.1 Å². The van der Waals surface area contributed by atoms with Crippen LogP contribution in [0.3, 0.4) is 0 Å². The van der Waals surface area contributed by atoms with Crippen LogP contribution in [0.5, 0.6) is 5.75 Å². The summed E-state index contributed by atoms with van der Waals surface area (Å²) < 4.78 is 11.0. The van der Waals surface area contributed by atoms with Crippen molar-refractivity contribution in [2.45, 2.75) is 19.6 Å². The first-order valence-electron chi connectivity index (χ1n) is 11.2. The number of aliphatic hydroxyl groups is 1. The Morgan fingerprint density at radius 1 is 1.03 bits per heavy atom. The summed E-state index contributed by atoms with van der Waals surface area (Å²) in [5.74, 6) is -1.05. The maximum Gasteiger partial charge on any atom is 0.295 e. The van der Waals surface area contributed by atoms with Crippen LogP contribution >= 0.6 is 11.6 Å². The summed E-state index contributed by atoms with van der Waals surface area (Å²) in [6.45, 7) is 2.90. The third-order valence-corrected chi connectivity index (χ3v) is 6.13. The van der Waals surface area contributed by atoms with Crippen molar-refractivity contribution in [2.75, 3.05) is 20.3 Å². The highest BCUT2D eigenvalue weighted by molar-refractivity contribution is 6.46. The third-order valence-electron chi connectivity index (χ3n) is 5.90. The molecular weight excluding hydrogens is 466 g/mol. The lowest BCUT2D eigenvalue weighted by molar-refractivity contribution is -0.140. The predicted molar refractivity (Wildman–Crippen MR) is 134 cm³/mol. The number of nitrogens with zero attached hydrogens (tertiary/aromatic N) is 1. The van der Waals surface area contributed by atoms with Gasteiger partial charge >= 0.3 is 0 Å². The molecule has 3 aromatic rings. The minimum Gasteiger partial charge on any atom is -0.507 e. The van der Waals surface area contributed by atoms with Crippen LogP contribution in [-0.2, 0) is 20.9 Å². The maximum absolute atomic E-state index is 13.0. The lowest BCUT2D eigenvalue weighted by Gasteiger charge is -2.25. The summed E-state index contributed by atoms with van der Waals surface area (Å²) in [7, 11) is 1.53. The number of amides is 1. The number of ketones is 1. The molecule has 0 bridgehead atoms. The average Bonchev–Trinajstić information content (AvgIpc) is 3.12. The minimum absolute atomic E-state index is 0.0155. The molecule has 1 heterocycles. The highest BCUT2D eigenvalue weighted by atomic mass is 35.5. The van der Waals surface area contributed by atoms with Gasteiger partial charge in [0.05, 0.1) is 18.2 Å². The number of Topliss-reactive ketones (excluding diaryl/α,β-unsaturated/α-hetero) is 1. The number of aliphatic hydroxyl groups excluding tert-OH is 1. The van der Waals surface area contributed by atoms with Crippen LogP contribution in [0, 0.1) is 6.92 Å². The number of likely N-dealkylation sites (tertiary alicyclic amines) is 1. The quantitative estimate of drug-likeness (QED) is 0.263. The number of ether oxygens (including phenoxy) is 2. The highest BCUT2D eigenvalue weighted by Crippen LogP contribution is 2.40. The van der Waals surface area contributed by atoms with Crippen molar-refractivity contribution in [2.24, 2.45) is 0 Å². The Bertz CT molecular complexity index is 1250. The largest absolute Gasteiger partial charge is 0.507 e. The van der Waals surface area contributed by atoms with Crippen molar-refractivity contribution in [3.05, 3.63) is 106 Å². The van der Waals surface area contributed by atoms with E-state index >= 15 is 0 Å². The summed E-state index contributed by atoms with van der Waals surface area (Å²) in [5, 5.41) is 11.5. The van der Waals surface area contributed by atoms with Gasteiger partial charge in [-0.15, -0.1) is 0 Å². The maximum atomic E-state index is 13.0. The smallest absolute Gasteiger partial charge is 0.295 e. The van der Waals surface area contributed by atoms with Gasteiger partial charge in [0.2, 0.25) is 0 Å². The van der Waals surface area contributed by atoms with Gasteiger partial charge < -0.3 is 19.5 Å². The van der Waals surface area contributed by atoms with Crippen LogP contribution in [0.4, 0.5) is 0 Å². The molecule has 0 spiro atoms. The fourth-order valence-electron chi connectivity index (χ4n) is 4.04. The summed E-state index contributed by atoms with van der Waals surface area (Å²) in [5.41, 5.74) is 3.29. The molecule has 4 rings (SSSR count). The Morgan fingerprint density at radius 3 is 2.40 bits per heavy atom. The van der Waals surface area contributed by atoms with E-state index < -0.39 is 17.7 Å². The van der Waals surface area contributed by atoms with Gasteiger partial charge in [0.1, 0.15) is 18.1 Å². The highest BCUT2D eigenvalue weighted by Gasteiger charge is 2.45. The van der Waals surface area contributed by atoms with Crippen LogP contribution in [-0.4, -0.2) is 42.0 Å². The van der Waals surface area contributed by atoms with Crippen molar-refractivity contribution >= 4 is 29.1 Å². The van der Waals surface area contributed by atoms with Crippen LogP contribution in [0.25, 0.3) is 5.76 Å². The van der Waals surface area contributed by atoms with E-state index in [0.717, 1.165) is 5.56 Å². The zero-order valence-corrected chi connectivity index (χ0v) is 20.3. The Balaban J connectivity index is 1.66. The summed E-state index contributed by atoms with van der Waals surface area (Å²) in [6.07, 6.45) is 0. The van der Waals surface area contributed by atoms with E-state index in [1.807, 2.05) is 31.2 Å². The first-order valence-corrected chi connectivity index (χ1v) is 11.6. The van der Waals surface area contributed by atoms with Gasteiger partial charge in [0.15, 0.2) is 0 Å². The molecule has 0 saturated carbocycles. The van der Waals surface area contributed by atoms with Crippen LogP contribution in [0.2, 0.25) is 5.02 Å². The van der Waals surface area contributed by atoms with Gasteiger partial charge in [-0.1, -0.05) is 65.7 Å². The van der Waals surface area contributed by atoms with E-state index in [2.05, 4.69) is 0 Å². The van der Waals surface area contributed by atoms with Crippen molar-refractivity contribution in [3.63, 3.8) is 0 Å². The Morgan fingerprint density at radius 2 is 1.74 bits per heavy atom. The number of benzene rings is 3. The van der Waals surface area contributed by atoms with Crippen molar-refractivity contribution in [3.8, 4) is 5.75 Å². The average molecular weight is 492 g/mol. The molecule has 6 nitrogen and oxygen atoms in total. The number of rotatable bonds is 8. The Labute approximate surface area is 209 Å². The van der Waals surface area contributed by atoms with Crippen molar-refractivity contribution < 1.29 is 24.2 Å². The SMILES string of the molecule is COCCN1C(=O)C(=O)/C(=C(\O)c2cccc(Cl)c2)C1c1ccc(OCc2ccc(C)cc2)cc1. The second-order valence-corrected chi connectivity index (χ2v) is 8.78. The molecular formula is C28H26ClNO5. The minimum atomic E-state index is -0.768. The predicted octanol–water partition coefficient (Wildman–Crippen LogP) is 5.30. The van der Waals surface area contributed by atoms with E-state index in [-0.39, 0.29) is 24.5 Å². The van der Waals surface area contributed by atoms with Crippen LogP contribution in [0.15, 0.2) is 78.4 Å². The summed E-state index contributed by atoms with van der Waals surface area (Å²) in [6, 6.07) is 21.0. The van der Waals surface area contributed by atoms with Gasteiger partial charge in [-0.25, -0.2) is 0 Å². The Hall–Kier alpha value is -3.61. The molecule has 1 aliphatic heterocycles. The number of carbonyl (C=O) groups is 2. The molecule has 1 atom stereocenters. The zero-order valence-electron chi connectivity index (χ0n) is 19.5. The molecule has 3 aromatic carbocycles. The first kappa shape index (κ1) is 24.5. The van der Waals surface area contributed by atoms with Gasteiger partial charge in [-0.3, -0.25) is 9.59 Å². The van der Waals surface area contributed by atoms with Gasteiger partial charge in [0, 0.05) is 24.2 Å². The molecule has 35 heavy (non-hydrogen) atoms. The molecule has 7 heteroatoms. The van der Waals surface area contributed by atoms with Gasteiger partial charge in [0.25, 0.3) is 11.7 Å². The standard InChI is InChI=1S/C28H26ClNO5/c1-18-6-8-19(9-7-18)17-35-23-12-10-20(11-13-23)25-24(26(31)21-4-3-5-22(29)16-21)27(32)28(33)30(25)14-15-34-2/h3-13,16,25,31H,14-15,17H2,1-2H3/b26-24-. The fourth-order valence-corrected chi connectivity index (χ4v) is 4.23. The van der Waals surface area contributed by atoms with Crippen molar-refractivity contribution in [1.29, 1.82) is 0 Å². The zero-order chi connectivity index (χ0) is 24.9. The van der Waals surface area contributed by atoms with E-state index in [0.29, 0.717) is 28.5 Å². The molecule has 0 radical (unpaired) electrons. The van der Waals surface area contributed by atoms with E-state index in [4.69, 9.17) is 21.1 Å². The molecule has 0 aromatic heterocycles. The van der Waals surface area contributed by atoms with Gasteiger partial charge in [-0.05, 0) is 42.3 Å². The number of hydrogen-bond acceptors (Lipinski definition) is 5. The van der Waals surface area contributed by atoms with E-state index in [1.54, 1.807) is 48.5 Å². The molecule has 1 aliphatic rings. The van der Waals surface area contributed by atoms with Crippen molar-refractivity contribution in [1.82, 2.24) is 4.90 Å². The number of halogens is 1. The molecule has 1 amide bonds. The Kier molecular flexibility index (Phi) is 7.54. The normalized spacial score (nSPS) is 17.1. The summed E-state index contributed by atoms with van der Waals surface area (Å²) in [4.78, 5) is 27.3. The van der Waals surface area contributed by atoms with E-state index in [1.165, 1.54) is 17.6 Å². The number of aryl methyl sites for hydroxylation is 1. The molecule has 1 fully saturated rings. The molecule has 1 saturated heterocycles. The summed E-state index contributed by atoms with van der Waals surface area (Å²) >= 11 is 6.08. The molecule has 180 valence electrons. The van der Waals surface area contributed by atoms with Crippen LogP contribution < -0.4 is 4.74 Å². The van der Waals surface area contributed by atoms with Gasteiger partial charge in [-0.2, -0.15) is 0 Å². The first-order chi connectivity index (χ1) is 16.9. The lowest BCUT2D eigenvalue weighted by Crippen LogP contribution is -2.32. The van der Waals surface area contributed by atoms with E-state index in [9.17, 15) is 14.7 Å². The lowest BCUT2D eigenvalue weighted by atomic mass is 9.95. The number of carbonyl (C=O) groups excluding carboxylic acids is 2. The fraction of sp³-hybridized carbons (Fsp3) is 0.214. The molecule has 1 unspecified atom stereocenters. The molecule has 0 aliphatic carbocycles.